The van der Waals surface area contributed by atoms with E-state index in [2.05, 4.69) is 22.2 Å². The number of rotatable bonds is 2. The first-order valence-corrected chi connectivity index (χ1v) is 9.91. The van der Waals surface area contributed by atoms with Crippen molar-refractivity contribution in [2.75, 3.05) is 19.6 Å². The Morgan fingerprint density at radius 3 is 3.07 bits per heavy atom. The van der Waals surface area contributed by atoms with E-state index in [9.17, 15) is 4.79 Å². The maximum absolute atomic E-state index is 13.0. The van der Waals surface area contributed by atoms with Crippen LogP contribution in [0.3, 0.4) is 0 Å². The molecule has 5 rings (SSSR count). The summed E-state index contributed by atoms with van der Waals surface area (Å²) in [6, 6.07) is 8.06. The van der Waals surface area contributed by atoms with Crippen molar-refractivity contribution in [1.82, 2.24) is 20.2 Å². The number of hydrogen-bond acceptors (Lipinski definition) is 4. The van der Waals surface area contributed by atoms with Gasteiger partial charge in [0.15, 0.2) is 6.10 Å². The first kappa shape index (κ1) is 17.5. The predicted molar refractivity (Wildman–Crippen MR) is 109 cm³/mol. The largest absolute Gasteiger partial charge is 0.479 e. The molecule has 2 aliphatic rings. The van der Waals surface area contributed by atoms with Gasteiger partial charge in [-0.2, -0.15) is 0 Å². The van der Waals surface area contributed by atoms with E-state index < -0.39 is 6.10 Å². The molecule has 6 nitrogen and oxygen atoms in total. The molecule has 144 valence electrons. The highest BCUT2D eigenvalue weighted by Crippen LogP contribution is 2.43. The highest BCUT2D eigenvalue weighted by Gasteiger charge is 2.35. The standard InChI is InChI=1S/C21H21ClN4O2/c1-12-11-26(7-6-23-12)21(27)18-9-13-8-14(22)10-17(19(13)28-18)15-2-4-24-20-16(15)3-5-25-20/h2-5,8,10,12,18,23H,6-7,9,11H2,1H3,(H,24,25)/t12-,18-/m1/s1. The number of carbonyl (C=O) groups is 1. The summed E-state index contributed by atoms with van der Waals surface area (Å²) in [5, 5.41) is 5.01. The van der Waals surface area contributed by atoms with Gasteiger partial charge in [0.05, 0.1) is 0 Å². The van der Waals surface area contributed by atoms with Crippen LogP contribution in [0.15, 0.2) is 36.7 Å². The Labute approximate surface area is 167 Å². The second-order valence-corrected chi connectivity index (χ2v) is 7.93. The first-order chi connectivity index (χ1) is 13.6. The molecule has 7 heteroatoms. The zero-order valence-electron chi connectivity index (χ0n) is 15.5. The molecule has 1 saturated heterocycles. The Kier molecular flexibility index (Phi) is 4.25. The summed E-state index contributed by atoms with van der Waals surface area (Å²) in [6.45, 7) is 4.32. The van der Waals surface area contributed by atoms with Gasteiger partial charge in [0.2, 0.25) is 0 Å². The van der Waals surface area contributed by atoms with Crippen molar-refractivity contribution in [3.8, 4) is 16.9 Å². The number of carbonyl (C=O) groups excluding carboxylic acids is 1. The number of hydrogen-bond donors (Lipinski definition) is 2. The van der Waals surface area contributed by atoms with Crippen molar-refractivity contribution < 1.29 is 9.53 Å². The second kappa shape index (κ2) is 6.79. The third kappa shape index (κ3) is 2.93. The molecule has 0 bridgehead atoms. The number of ether oxygens (including phenoxy) is 1. The summed E-state index contributed by atoms with van der Waals surface area (Å²) in [6.07, 6.45) is 3.67. The fourth-order valence-corrected chi connectivity index (χ4v) is 4.44. The molecule has 4 heterocycles. The van der Waals surface area contributed by atoms with Gasteiger partial charge in [-0.15, -0.1) is 0 Å². The molecule has 1 fully saturated rings. The van der Waals surface area contributed by atoms with Crippen LogP contribution < -0.4 is 10.1 Å². The van der Waals surface area contributed by atoms with Crippen LogP contribution in [-0.2, 0) is 11.2 Å². The van der Waals surface area contributed by atoms with Gasteiger partial charge in [-0.05, 0) is 36.8 Å². The van der Waals surface area contributed by atoms with E-state index >= 15 is 0 Å². The molecule has 0 radical (unpaired) electrons. The average molecular weight is 397 g/mol. The summed E-state index contributed by atoms with van der Waals surface area (Å²) >= 11 is 6.42. The zero-order chi connectivity index (χ0) is 19.3. The number of amides is 1. The summed E-state index contributed by atoms with van der Waals surface area (Å²) in [5.74, 6) is 0.799. The van der Waals surface area contributed by atoms with Crippen LogP contribution in [0.25, 0.3) is 22.2 Å². The van der Waals surface area contributed by atoms with Crippen LogP contribution in [0.2, 0.25) is 5.02 Å². The molecule has 2 aromatic heterocycles. The summed E-state index contributed by atoms with van der Waals surface area (Å²) in [7, 11) is 0. The number of aromatic amines is 1. The normalized spacial score (nSPS) is 21.6. The number of nitrogens with zero attached hydrogens (tertiary/aromatic N) is 2. The van der Waals surface area contributed by atoms with E-state index in [0.29, 0.717) is 30.6 Å². The molecular weight excluding hydrogens is 376 g/mol. The molecule has 0 spiro atoms. The molecule has 1 aromatic carbocycles. The number of benzene rings is 1. The third-order valence-electron chi connectivity index (χ3n) is 5.50. The number of H-pyrrole nitrogens is 1. The van der Waals surface area contributed by atoms with Gasteiger partial charge in [0.1, 0.15) is 11.4 Å². The van der Waals surface area contributed by atoms with Crippen molar-refractivity contribution in [2.24, 2.45) is 0 Å². The van der Waals surface area contributed by atoms with E-state index in [0.717, 1.165) is 40.0 Å². The predicted octanol–water partition coefficient (Wildman–Crippen LogP) is 3.01. The quantitative estimate of drug-likeness (QED) is 0.698. The number of aromatic nitrogens is 2. The molecule has 2 N–H and O–H groups in total. The summed E-state index contributed by atoms with van der Waals surface area (Å²) in [5.41, 5.74) is 3.68. The van der Waals surface area contributed by atoms with Gasteiger partial charge < -0.3 is 19.9 Å². The molecule has 2 atom stereocenters. The smallest absolute Gasteiger partial charge is 0.264 e. The number of fused-ring (bicyclic) bond motifs is 2. The molecule has 3 aromatic rings. The molecular formula is C21H21ClN4O2. The summed E-state index contributed by atoms with van der Waals surface area (Å²) < 4.78 is 6.22. The van der Waals surface area contributed by atoms with Crippen LogP contribution in [0.1, 0.15) is 12.5 Å². The van der Waals surface area contributed by atoms with Crippen LogP contribution in [0.4, 0.5) is 0 Å². The SMILES string of the molecule is C[C@@H]1CN(C(=O)[C@H]2Cc3cc(Cl)cc(-c4ccnc5[nH]ccc45)c3O2)CCN1. The lowest BCUT2D eigenvalue weighted by Crippen LogP contribution is -2.54. The van der Waals surface area contributed by atoms with Gasteiger partial charge in [-0.25, -0.2) is 4.98 Å². The fraction of sp³-hybridized carbons (Fsp3) is 0.333. The van der Waals surface area contributed by atoms with Gasteiger partial charge >= 0.3 is 0 Å². The highest BCUT2D eigenvalue weighted by atomic mass is 35.5. The molecule has 2 aliphatic heterocycles. The molecule has 0 unspecified atom stereocenters. The Hall–Kier alpha value is -2.57. The van der Waals surface area contributed by atoms with E-state index in [4.69, 9.17) is 16.3 Å². The Morgan fingerprint density at radius 1 is 1.32 bits per heavy atom. The average Bonchev–Trinajstić information content (AvgIpc) is 3.33. The van der Waals surface area contributed by atoms with Crippen molar-refractivity contribution in [2.45, 2.75) is 25.5 Å². The Bertz CT molecular complexity index is 1060. The number of nitrogens with one attached hydrogen (secondary N) is 2. The lowest BCUT2D eigenvalue weighted by Gasteiger charge is -2.33. The topological polar surface area (TPSA) is 70.2 Å². The van der Waals surface area contributed by atoms with E-state index in [1.807, 2.05) is 35.4 Å². The van der Waals surface area contributed by atoms with Gasteiger partial charge in [0, 0.05) is 66.0 Å². The lowest BCUT2D eigenvalue weighted by molar-refractivity contribution is -0.139. The molecule has 0 saturated carbocycles. The van der Waals surface area contributed by atoms with Gasteiger partial charge in [0.25, 0.3) is 5.91 Å². The highest BCUT2D eigenvalue weighted by molar-refractivity contribution is 6.31. The molecule has 1 amide bonds. The minimum absolute atomic E-state index is 0.0492. The first-order valence-electron chi connectivity index (χ1n) is 9.54. The zero-order valence-corrected chi connectivity index (χ0v) is 16.3. The van der Waals surface area contributed by atoms with E-state index in [-0.39, 0.29) is 5.91 Å². The molecule has 28 heavy (non-hydrogen) atoms. The monoisotopic (exact) mass is 396 g/mol. The van der Waals surface area contributed by atoms with Crippen LogP contribution >= 0.6 is 11.6 Å². The lowest BCUT2D eigenvalue weighted by atomic mass is 9.99. The molecule has 0 aliphatic carbocycles. The van der Waals surface area contributed by atoms with Crippen LogP contribution in [0, 0.1) is 0 Å². The minimum Gasteiger partial charge on any atom is -0.479 e. The van der Waals surface area contributed by atoms with Crippen molar-refractivity contribution >= 4 is 28.5 Å². The number of halogens is 1. The number of pyridine rings is 1. The van der Waals surface area contributed by atoms with Crippen LogP contribution in [0.5, 0.6) is 5.75 Å². The van der Waals surface area contributed by atoms with Gasteiger partial charge in [-0.3, -0.25) is 4.79 Å². The van der Waals surface area contributed by atoms with Gasteiger partial charge in [-0.1, -0.05) is 11.6 Å². The maximum Gasteiger partial charge on any atom is 0.264 e. The fourth-order valence-electron chi connectivity index (χ4n) is 4.19. The number of piperazine rings is 1. The van der Waals surface area contributed by atoms with Crippen molar-refractivity contribution in [3.05, 3.63) is 47.2 Å². The van der Waals surface area contributed by atoms with E-state index in [1.54, 1.807) is 6.20 Å². The Morgan fingerprint density at radius 2 is 2.21 bits per heavy atom. The Balaban J connectivity index is 1.50. The van der Waals surface area contributed by atoms with Crippen LogP contribution in [-0.4, -0.2) is 52.6 Å². The van der Waals surface area contributed by atoms with Crippen molar-refractivity contribution in [1.29, 1.82) is 0 Å². The maximum atomic E-state index is 13.0. The van der Waals surface area contributed by atoms with Crippen molar-refractivity contribution in [3.63, 3.8) is 0 Å². The second-order valence-electron chi connectivity index (χ2n) is 7.49. The summed E-state index contributed by atoms with van der Waals surface area (Å²) in [4.78, 5) is 22.4. The minimum atomic E-state index is -0.499. The van der Waals surface area contributed by atoms with E-state index in [1.165, 1.54) is 0 Å². The third-order valence-corrected chi connectivity index (χ3v) is 5.72.